The first kappa shape index (κ1) is 19.6. The first-order valence-electron chi connectivity index (χ1n) is 8.79. The number of aryl methyl sites for hydroxylation is 1. The SMILES string of the molecule is CNC(=O)[C@H]1CN(C(=O)CCc2ccc(OC(F)F)cc2)c2ccccc2O1. The second-order valence-corrected chi connectivity index (χ2v) is 6.22. The zero-order valence-electron chi connectivity index (χ0n) is 15.2. The van der Waals surface area contributed by atoms with E-state index in [2.05, 4.69) is 10.1 Å². The fourth-order valence-electron chi connectivity index (χ4n) is 2.99. The minimum atomic E-state index is -2.87. The maximum atomic E-state index is 12.8. The molecule has 0 saturated carbocycles. The number of anilines is 1. The molecular weight excluding hydrogens is 370 g/mol. The molecule has 6 nitrogen and oxygen atoms in total. The average Bonchev–Trinajstić information content (AvgIpc) is 2.71. The number of nitrogens with one attached hydrogen (secondary N) is 1. The van der Waals surface area contributed by atoms with Gasteiger partial charge in [-0.1, -0.05) is 24.3 Å². The molecule has 1 heterocycles. The Morgan fingerprint density at radius 3 is 2.61 bits per heavy atom. The van der Waals surface area contributed by atoms with Crippen LogP contribution in [0.15, 0.2) is 48.5 Å². The van der Waals surface area contributed by atoms with Gasteiger partial charge in [0.2, 0.25) is 5.91 Å². The van der Waals surface area contributed by atoms with Gasteiger partial charge in [0.1, 0.15) is 11.5 Å². The third-order valence-electron chi connectivity index (χ3n) is 4.39. The van der Waals surface area contributed by atoms with Crippen LogP contribution in [-0.2, 0) is 16.0 Å². The molecule has 1 N–H and O–H groups in total. The maximum absolute atomic E-state index is 12.8. The Balaban J connectivity index is 1.68. The number of likely N-dealkylation sites (N-methyl/N-ethyl adjacent to an activating group) is 1. The molecule has 0 bridgehead atoms. The first-order valence-corrected chi connectivity index (χ1v) is 8.79. The van der Waals surface area contributed by atoms with Crippen LogP contribution < -0.4 is 19.7 Å². The van der Waals surface area contributed by atoms with Gasteiger partial charge in [-0.25, -0.2) is 0 Å². The zero-order valence-corrected chi connectivity index (χ0v) is 15.2. The van der Waals surface area contributed by atoms with Crippen molar-refractivity contribution in [2.24, 2.45) is 0 Å². The second-order valence-electron chi connectivity index (χ2n) is 6.22. The Morgan fingerprint density at radius 2 is 1.93 bits per heavy atom. The summed E-state index contributed by atoms with van der Waals surface area (Å²) in [5.74, 6) is 0.0873. The molecule has 1 atom stereocenters. The number of carbonyl (C=O) groups excluding carboxylic acids is 2. The normalized spacial score (nSPS) is 15.6. The van der Waals surface area contributed by atoms with E-state index in [-0.39, 0.29) is 30.5 Å². The summed E-state index contributed by atoms with van der Waals surface area (Å²) in [7, 11) is 1.51. The number of fused-ring (bicyclic) bond motifs is 1. The minimum Gasteiger partial charge on any atom is -0.477 e. The van der Waals surface area contributed by atoms with Gasteiger partial charge in [-0.2, -0.15) is 8.78 Å². The van der Waals surface area contributed by atoms with Crippen LogP contribution in [0.5, 0.6) is 11.5 Å². The summed E-state index contributed by atoms with van der Waals surface area (Å²) < 4.78 is 34.4. The van der Waals surface area contributed by atoms with E-state index in [1.54, 1.807) is 41.3 Å². The van der Waals surface area contributed by atoms with Crippen LogP contribution in [0.3, 0.4) is 0 Å². The predicted octanol–water partition coefficient (Wildman–Crippen LogP) is 2.76. The molecule has 148 valence electrons. The Kier molecular flexibility index (Phi) is 6.08. The van der Waals surface area contributed by atoms with Crippen molar-refractivity contribution in [3.05, 3.63) is 54.1 Å². The predicted molar refractivity (Wildman–Crippen MR) is 98.7 cm³/mol. The topological polar surface area (TPSA) is 67.9 Å². The van der Waals surface area contributed by atoms with Gasteiger partial charge in [0, 0.05) is 13.5 Å². The van der Waals surface area contributed by atoms with Crippen LogP contribution in [-0.4, -0.2) is 38.1 Å². The van der Waals surface area contributed by atoms with E-state index in [1.807, 2.05) is 0 Å². The molecule has 1 aliphatic rings. The molecule has 28 heavy (non-hydrogen) atoms. The van der Waals surface area contributed by atoms with Crippen LogP contribution in [0.4, 0.5) is 14.5 Å². The van der Waals surface area contributed by atoms with E-state index < -0.39 is 12.7 Å². The average molecular weight is 390 g/mol. The number of amides is 2. The Morgan fingerprint density at radius 1 is 1.21 bits per heavy atom. The summed E-state index contributed by atoms with van der Waals surface area (Å²) >= 11 is 0. The second kappa shape index (κ2) is 8.69. The monoisotopic (exact) mass is 390 g/mol. The van der Waals surface area contributed by atoms with E-state index >= 15 is 0 Å². The fourth-order valence-corrected chi connectivity index (χ4v) is 2.99. The van der Waals surface area contributed by atoms with Gasteiger partial charge in [-0.05, 0) is 36.2 Å². The smallest absolute Gasteiger partial charge is 0.387 e. The molecule has 8 heteroatoms. The molecule has 0 aromatic heterocycles. The summed E-state index contributed by atoms with van der Waals surface area (Å²) in [4.78, 5) is 26.4. The summed E-state index contributed by atoms with van der Waals surface area (Å²) in [6, 6.07) is 13.2. The van der Waals surface area contributed by atoms with Gasteiger partial charge in [0.15, 0.2) is 6.10 Å². The van der Waals surface area contributed by atoms with E-state index in [0.29, 0.717) is 17.9 Å². The largest absolute Gasteiger partial charge is 0.477 e. The number of hydrogen-bond acceptors (Lipinski definition) is 4. The number of alkyl halides is 2. The number of hydrogen-bond donors (Lipinski definition) is 1. The summed E-state index contributed by atoms with van der Waals surface area (Å²) in [6.45, 7) is -2.75. The lowest BCUT2D eigenvalue weighted by molar-refractivity contribution is -0.127. The third-order valence-corrected chi connectivity index (χ3v) is 4.39. The number of rotatable bonds is 6. The van der Waals surface area contributed by atoms with Crippen LogP contribution in [0.25, 0.3) is 0 Å². The highest BCUT2D eigenvalue weighted by atomic mass is 19.3. The Labute approximate surface area is 161 Å². The molecule has 0 aliphatic carbocycles. The molecule has 2 aromatic carbocycles. The molecule has 0 saturated heterocycles. The summed E-state index contributed by atoms with van der Waals surface area (Å²) in [5, 5.41) is 2.53. The van der Waals surface area contributed by atoms with Crippen LogP contribution in [0, 0.1) is 0 Å². The highest BCUT2D eigenvalue weighted by Gasteiger charge is 2.32. The number of carbonyl (C=O) groups is 2. The van der Waals surface area contributed by atoms with E-state index in [0.717, 1.165) is 5.56 Å². The first-order chi connectivity index (χ1) is 13.5. The quantitative estimate of drug-likeness (QED) is 0.824. The van der Waals surface area contributed by atoms with Crippen molar-refractivity contribution in [1.82, 2.24) is 5.32 Å². The molecule has 0 fully saturated rings. The lowest BCUT2D eigenvalue weighted by Crippen LogP contribution is -2.50. The molecule has 2 amide bonds. The van der Waals surface area contributed by atoms with Crippen molar-refractivity contribution in [1.29, 1.82) is 0 Å². The minimum absolute atomic E-state index is 0.0700. The number of para-hydroxylation sites is 2. The van der Waals surface area contributed by atoms with Crippen molar-refractivity contribution >= 4 is 17.5 Å². The van der Waals surface area contributed by atoms with Crippen LogP contribution in [0.2, 0.25) is 0 Å². The molecular formula is C20H20F2N2O4. The fraction of sp³-hybridized carbons (Fsp3) is 0.300. The molecule has 0 radical (unpaired) electrons. The van der Waals surface area contributed by atoms with Gasteiger partial charge in [0.25, 0.3) is 5.91 Å². The highest BCUT2D eigenvalue weighted by molar-refractivity contribution is 5.97. The van der Waals surface area contributed by atoms with Crippen molar-refractivity contribution in [3.63, 3.8) is 0 Å². The molecule has 1 aliphatic heterocycles. The summed E-state index contributed by atoms with van der Waals surface area (Å²) in [6.07, 6.45) is -0.156. The molecule has 0 spiro atoms. The lowest BCUT2D eigenvalue weighted by atomic mass is 10.1. The van der Waals surface area contributed by atoms with Crippen molar-refractivity contribution in [3.8, 4) is 11.5 Å². The Hall–Kier alpha value is -3.16. The number of halogens is 2. The van der Waals surface area contributed by atoms with Crippen molar-refractivity contribution < 1.29 is 27.8 Å². The van der Waals surface area contributed by atoms with Gasteiger partial charge in [0.05, 0.1) is 12.2 Å². The number of benzene rings is 2. The molecule has 3 rings (SSSR count). The third kappa shape index (κ3) is 4.57. The Bertz CT molecular complexity index is 842. The van der Waals surface area contributed by atoms with E-state index in [4.69, 9.17) is 4.74 Å². The van der Waals surface area contributed by atoms with E-state index in [9.17, 15) is 18.4 Å². The number of nitrogens with zero attached hydrogens (tertiary/aromatic N) is 1. The van der Waals surface area contributed by atoms with Crippen LogP contribution in [0.1, 0.15) is 12.0 Å². The van der Waals surface area contributed by atoms with Gasteiger partial charge in [-0.3, -0.25) is 9.59 Å². The lowest BCUT2D eigenvalue weighted by Gasteiger charge is -2.34. The zero-order chi connectivity index (χ0) is 20.1. The van der Waals surface area contributed by atoms with Gasteiger partial charge in [-0.15, -0.1) is 0 Å². The van der Waals surface area contributed by atoms with Crippen LogP contribution >= 0.6 is 0 Å². The van der Waals surface area contributed by atoms with E-state index in [1.165, 1.54) is 19.2 Å². The van der Waals surface area contributed by atoms with Gasteiger partial charge < -0.3 is 19.7 Å². The maximum Gasteiger partial charge on any atom is 0.387 e. The highest BCUT2D eigenvalue weighted by Crippen LogP contribution is 2.33. The molecule has 0 unspecified atom stereocenters. The standard InChI is InChI=1S/C20H20F2N2O4/c1-23-19(26)17-12-24(15-4-2-3-5-16(15)28-17)18(25)11-8-13-6-9-14(10-7-13)27-20(21)22/h2-7,9-10,17,20H,8,11-12H2,1H3,(H,23,26)/t17-/m1/s1. The van der Waals surface area contributed by atoms with Crippen molar-refractivity contribution in [2.45, 2.75) is 25.6 Å². The molecule has 2 aromatic rings. The number of ether oxygens (including phenoxy) is 2. The summed E-state index contributed by atoms with van der Waals surface area (Å²) in [5.41, 5.74) is 1.44. The van der Waals surface area contributed by atoms with Crippen molar-refractivity contribution in [2.75, 3.05) is 18.5 Å². The van der Waals surface area contributed by atoms with Gasteiger partial charge >= 0.3 is 6.61 Å².